The monoisotopic (exact) mass is 370 g/mol. The van der Waals surface area contributed by atoms with E-state index in [1.807, 2.05) is 0 Å². The fourth-order valence-electron chi connectivity index (χ4n) is 2.25. The summed E-state index contributed by atoms with van der Waals surface area (Å²) in [7, 11) is 0. The van der Waals surface area contributed by atoms with Gasteiger partial charge in [0.25, 0.3) is 0 Å². The second-order valence-electron chi connectivity index (χ2n) is 5.33. The molecule has 2 N–H and O–H groups in total. The Morgan fingerprint density at radius 2 is 1.83 bits per heavy atom. The SMILES string of the molecule is O=C(Nc1cc(Cl)cc(Cl)c1)C1(NCOCC(F)(F)F)CCC1. The van der Waals surface area contributed by atoms with Gasteiger partial charge in [-0.15, -0.1) is 0 Å². The lowest BCUT2D eigenvalue weighted by Gasteiger charge is -2.40. The molecule has 1 aliphatic rings. The zero-order valence-corrected chi connectivity index (χ0v) is 13.5. The molecule has 0 aliphatic heterocycles. The highest BCUT2D eigenvalue weighted by Crippen LogP contribution is 2.33. The summed E-state index contributed by atoms with van der Waals surface area (Å²) in [6, 6.07) is 4.61. The van der Waals surface area contributed by atoms with Gasteiger partial charge in [-0.05, 0) is 37.5 Å². The standard InChI is InChI=1S/C14H15Cl2F3N2O2/c15-9-4-10(16)6-11(5-9)21-12(22)13(2-1-3-13)20-8-23-7-14(17,18)19/h4-6,20H,1-3,7-8H2,(H,21,22). The van der Waals surface area contributed by atoms with Crippen LogP contribution in [0, 0.1) is 0 Å². The van der Waals surface area contributed by atoms with E-state index < -0.39 is 18.3 Å². The number of hydrogen-bond donors (Lipinski definition) is 2. The van der Waals surface area contributed by atoms with Crippen LogP contribution in [0.25, 0.3) is 0 Å². The van der Waals surface area contributed by atoms with Gasteiger partial charge < -0.3 is 10.1 Å². The number of benzene rings is 1. The van der Waals surface area contributed by atoms with E-state index in [1.54, 1.807) is 0 Å². The van der Waals surface area contributed by atoms with E-state index in [0.717, 1.165) is 6.42 Å². The van der Waals surface area contributed by atoms with Crippen molar-refractivity contribution in [2.45, 2.75) is 31.0 Å². The maximum absolute atomic E-state index is 12.4. The van der Waals surface area contributed by atoms with Gasteiger partial charge in [0.2, 0.25) is 5.91 Å². The Morgan fingerprint density at radius 1 is 1.22 bits per heavy atom. The Labute approximate surface area is 141 Å². The Hall–Kier alpha value is -1.02. The lowest BCUT2D eigenvalue weighted by Crippen LogP contribution is -2.60. The van der Waals surface area contributed by atoms with Crippen molar-refractivity contribution in [3.05, 3.63) is 28.2 Å². The average molecular weight is 371 g/mol. The number of anilines is 1. The minimum Gasteiger partial charge on any atom is -0.357 e. The number of alkyl halides is 3. The van der Waals surface area contributed by atoms with Gasteiger partial charge in [0.1, 0.15) is 6.61 Å². The average Bonchev–Trinajstić information content (AvgIpc) is 2.33. The van der Waals surface area contributed by atoms with Crippen molar-refractivity contribution in [2.24, 2.45) is 0 Å². The molecule has 128 valence electrons. The van der Waals surface area contributed by atoms with Crippen LogP contribution in [0.3, 0.4) is 0 Å². The van der Waals surface area contributed by atoms with E-state index in [9.17, 15) is 18.0 Å². The van der Waals surface area contributed by atoms with E-state index in [4.69, 9.17) is 23.2 Å². The fraction of sp³-hybridized carbons (Fsp3) is 0.500. The van der Waals surface area contributed by atoms with Gasteiger partial charge in [0, 0.05) is 15.7 Å². The van der Waals surface area contributed by atoms with Gasteiger partial charge in [-0.2, -0.15) is 13.2 Å². The molecule has 1 fully saturated rings. The van der Waals surface area contributed by atoms with Crippen LogP contribution in [-0.2, 0) is 9.53 Å². The Kier molecular flexibility index (Phi) is 5.78. The number of rotatable bonds is 6. The molecule has 23 heavy (non-hydrogen) atoms. The molecule has 0 heterocycles. The molecule has 0 spiro atoms. The second-order valence-corrected chi connectivity index (χ2v) is 6.21. The van der Waals surface area contributed by atoms with Crippen molar-refractivity contribution in [2.75, 3.05) is 18.7 Å². The van der Waals surface area contributed by atoms with Crippen molar-refractivity contribution in [3.63, 3.8) is 0 Å². The van der Waals surface area contributed by atoms with Crippen LogP contribution in [0.15, 0.2) is 18.2 Å². The number of nitrogens with one attached hydrogen (secondary N) is 2. The molecule has 0 aromatic heterocycles. The summed E-state index contributed by atoms with van der Waals surface area (Å²) in [5.41, 5.74) is -0.503. The molecule has 1 aromatic carbocycles. The third-order valence-corrected chi connectivity index (χ3v) is 3.98. The summed E-state index contributed by atoms with van der Waals surface area (Å²) in [4.78, 5) is 12.4. The number of hydrogen-bond acceptors (Lipinski definition) is 3. The molecule has 0 bridgehead atoms. The summed E-state index contributed by atoms with van der Waals surface area (Å²) in [5.74, 6) is -0.349. The molecule has 0 atom stereocenters. The minimum absolute atomic E-state index is 0.349. The summed E-state index contributed by atoms with van der Waals surface area (Å²) >= 11 is 11.7. The van der Waals surface area contributed by atoms with Crippen molar-refractivity contribution < 1.29 is 22.7 Å². The van der Waals surface area contributed by atoms with Crippen LogP contribution < -0.4 is 10.6 Å². The molecular weight excluding hydrogens is 356 g/mol. The first kappa shape index (κ1) is 18.3. The van der Waals surface area contributed by atoms with Crippen LogP contribution >= 0.6 is 23.2 Å². The smallest absolute Gasteiger partial charge is 0.357 e. The lowest BCUT2D eigenvalue weighted by atomic mass is 9.76. The van der Waals surface area contributed by atoms with Gasteiger partial charge in [-0.25, -0.2) is 0 Å². The van der Waals surface area contributed by atoms with Gasteiger partial charge >= 0.3 is 6.18 Å². The van der Waals surface area contributed by atoms with Crippen LogP contribution in [0.2, 0.25) is 10.0 Å². The number of amides is 1. The van der Waals surface area contributed by atoms with E-state index >= 15 is 0 Å². The van der Waals surface area contributed by atoms with Gasteiger partial charge in [0.05, 0.1) is 12.3 Å². The first-order chi connectivity index (χ1) is 10.7. The summed E-state index contributed by atoms with van der Waals surface area (Å²) in [5, 5.41) is 6.17. The van der Waals surface area contributed by atoms with Gasteiger partial charge in [-0.3, -0.25) is 10.1 Å². The molecule has 1 amide bonds. The molecule has 1 saturated carbocycles. The lowest BCUT2D eigenvalue weighted by molar-refractivity contribution is -0.177. The normalized spacial score (nSPS) is 16.7. The fourth-order valence-corrected chi connectivity index (χ4v) is 2.77. The van der Waals surface area contributed by atoms with E-state index in [-0.39, 0.29) is 12.6 Å². The van der Waals surface area contributed by atoms with Crippen LogP contribution in [0.4, 0.5) is 18.9 Å². The third kappa shape index (κ3) is 5.24. The summed E-state index contributed by atoms with van der Waals surface area (Å²) in [6.45, 7) is -1.72. The number of carbonyl (C=O) groups excluding carboxylic acids is 1. The molecule has 0 radical (unpaired) electrons. The van der Waals surface area contributed by atoms with Gasteiger partial charge in [-0.1, -0.05) is 23.2 Å². The number of carbonyl (C=O) groups is 1. The molecule has 0 unspecified atom stereocenters. The van der Waals surface area contributed by atoms with Crippen molar-refractivity contribution >= 4 is 34.8 Å². The molecule has 1 aromatic rings. The highest BCUT2D eigenvalue weighted by Gasteiger charge is 2.44. The predicted molar refractivity (Wildman–Crippen MR) is 81.7 cm³/mol. The van der Waals surface area contributed by atoms with Crippen molar-refractivity contribution in [3.8, 4) is 0 Å². The predicted octanol–water partition coefficient (Wildman–Crippen LogP) is 3.98. The summed E-state index contributed by atoms with van der Waals surface area (Å²) < 4.78 is 40.6. The molecular formula is C14H15Cl2F3N2O2. The highest BCUT2D eigenvalue weighted by molar-refractivity contribution is 6.35. The number of halogens is 5. The second kappa shape index (κ2) is 7.25. The third-order valence-electron chi connectivity index (χ3n) is 3.54. The Morgan fingerprint density at radius 3 is 2.30 bits per heavy atom. The molecule has 4 nitrogen and oxygen atoms in total. The largest absolute Gasteiger partial charge is 0.411 e. The van der Waals surface area contributed by atoms with E-state index in [0.29, 0.717) is 28.6 Å². The molecule has 2 rings (SSSR count). The first-order valence-electron chi connectivity index (χ1n) is 6.87. The molecule has 1 aliphatic carbocycles. The number of ether oxygens (including phenoxy) is 1. The topological polar surface area (TPSA) is 50.4 Å². The van der Waals surface area contributed by atoms with Crippen molar-refractivity contribution in [1.29, 1.82) is 0 Å². The highest BCUT2D eigenvalue weighted by atomic mass is 35.5. The Bertz CT molecular complexity index is 557. The Balaban J connectivity index is 1.92. The quantitative estimate of drug-likeness (QED) is 0.588. The van der Waals surface area contributed by atoms with Crippen LogP contribution in [0.1, 0.15) is 19.3 Å². The minimum atomic E-state index is -4.39. The van der Waals surface area contributed by atoms with Crippen LogP contribution in [-0.4, -0.2) is 31.0 Å². The molecule has 0 saturated heterocycles. The zero-order chi connectivity index (χ0) is 17.1. The molecule has 9 heteroatoms. The zero-order valence-electron chi connectivity index (χ0n) is 12.0. The van der Waals surface area contributed by atoms with Gasteiger partial charge in [0.15, 0.2) is 0 Å². The first-order valence-corrected chi connectivity index (χ1v) is 7.63. The maximum Gasteiger partial charge on any atom is 0.411 e. The van der Waals surface area contributed by atoms with E-state index in [2.05, 4.69) is 15.4 Å². The van der Waals surface area contributed by atoms with Crippen molar-refractivity contribution in [1.82, 2.24) is 5.32 Å². The van der Waals surface area contributed by atoms with E-state index in [1.165, 1.54) is 18.2 Å². The summed E-state index contributed by atoms with van der Waals surface area (Å²) in [6.07, 6.45) is -2.56. The van der Waals surface area contributed by atoms with Crippen LogP contribution in [0.5, 0.6) is 0 Å². The maximum atomic E-state index is 12.4.